The number of phenols is 1. The first kappa shape index (κ1) is 16.8. The fourth-order valence-corrected chi connectivity index (χ4v) is 2.38. The molecule has 1 aromatic rings. The van der Waals surface area contributed by atoms with Gasteiger partial charge in [0.05, 0.1) is 13.2 Å². The van der Waals surface area contributed by atoms with Crippen LogP contribution < -0.4 is 4.74 Å². The maximum absolute atomic E-state index is 10.1. The molecule has 1 rings (SSSR count). The van der Waals surface area contributed by atoms with Gasteiger partial charge in [-0.15, -0.1) is 0 Å². The topological polar surface area (TPSA) is 49.7 Å². The zero-order valence-corrected chi connectivity index (χ0v) is 12.8. The number of rotatable bonds is 10. The Kier molecular flexibility index (Phi) is 8.12. The summed E-state index contributed by atoms with van der Waals surface area (Å²) >= 11 is 0. The van der Waals surface area contributed by atoms with E-state index >= 15 is 0 Å². The van der Waals surface area contributed by atoms with E-state index in [4.69, 9.17) is 4.74 Å². The van der Waals surface area contributed by atoms with Crippen molar-refractivity contribution in [3.8, 4) is 11.5 Å². The van der Waals surface area contributed by atoms with Gasteiger partial charge in [-0.3, -0.25) is 0 Å². The molecule has 0 amide bonds. The van der Waals surface area contributed by atoms with Gasteiger partial charge < -0.3 is 14.9 Å². The van der Waals surface area contributed by atoms with Gasteiger partial charge in [0, 0.05) is 0 Å². The van der Waals surface area contributed by atoms with E-state index in [1.165, 1.54) is 45.6 Å². The maximum atomic E-state index is 10.1. The Hall–Kier alpha value is -1.22. The maximum Gasteiger partial charge on any atom is 0.160 e. The van der Waals surface area contributed by atoms with Crippen molar-refractivity contribution in [3.63, 3.8) is 0 Å². The molecular weight excluding hydrogens is 252 g/mol. The third-order valence-electron chi connectivity index (χ3n) is 3.67. The van der Waals surface area contributed by atoms with Gasteiger partial charge in [0.1, 0.15) is 0 Å². The molecule has 0 spiro atoms. The molecule has 1 aromatic carbocycles. The van der Waals surface area contributed by atoms with Gasteiger partial charge >= 0.3 is 0 Å². The summed E-state index contributed by atoms with van der Waals surface area (Å²) < 4.78 is 4.99. The minimum absolute atomic E-state index is 0.0867. The van der Waals surface area contributed by atoms with Gasteiger partial charge in [-0.25, -0.2) is 0 Å². The van der Waals surface area contributed by atoms with Crippen LogP contribution in [0.4, 0.5) is 0 Å². The summed E-state index contributed by atoms with van der Waals surface area (Å²) in [6, 6.07) is 5.09. The first-order valence-corrected chi connectivity index (χ1v) is 7.74. The van der Waals surface area contributed by atoms with Crippen molar-refractivity contribution in [2.45, 2.75) is 64.4 Å². The predicted molar refractivity (Wildman–Crippen MR) is 82.2 cm³/mol. The Bertz CT molecular complexity index is 376. The fourth-order valence-electron chi connectivity index (χ4n) is 2.38. The van der Waals surface area contributed by atoms with E-state index in [0.29, 0.717) is 5.75 Å². The van der Waals surface area contributed by atoms with Crippen LogP contribution >= 0.6 is 0 Å². The Morgan fingerprint density at radius 1 is 1.05 bits per heavy atom. The number of hydrogen-bond donors (Lipinski definition) is 2. The molecule has 3 nitrogen and oxygen atoms in total. The number of aromatic hydroxyl groups is 1. The highest BCUT2D eigenvalue weighted by Gasteiger charge is 2.10. The van der Waals surface area contributed by atoms with Gasteiger partial charge in [0.2, 0.25) is 0 Å². The average Bonchev–Trinajstić information content (AvgIpc) is 2.46. The molecule has 1 unspecified atom stereocenters. The minimum Gasteiger partial charge on any atom is -0.504 e. The standard InChI is InChI=1S/C17H28O3/c1-3-4-5-6-7-8-9-10-15(18)14-11-12-17(20-2)16(19)13-14/h11-13,15,18-19H,3-10H2,1-2H3. The van der Waals surface area contributed by atoms with Gasteiger partial charge in [0.15, 0.2) is 11.5 Å². The quantitative estimate of drug-likeness (QED) is 0.617. The average molecular weight is 280 g/mol. The van der Waals surface area contributed by atoms with E-state index in [2.05, 4.69) is 6.92 Å². The molecule has 0 saturated carbocycles. The molecule has 0 aliphatic carbocycles. The SMILES string of the molecule is CCCCCCCCCC(O)c1ccc(OC)c(O)c1. The zero-order chi connectivity index (χ0) is 14.8. The number of ether oxygens (including phenoxy) is 1. The van der Waals surface area contributed by atoms with E-state index < -0.39 is 6.10 Å². The van der Waals surface area contributed by atoms with Crippen molar-refractivity contribution < 1.29 is 14.9 Å². The molecule has 2 N–H and O–H groups in total. The van der Waals surface area contributed by atoms with Gasteiger partial charge in [-0.05, 0) is 24.1 Å². The molecule has 0 radical (unpaired) electrons. The number of hydrogen-bond acceptors (Lipinski definition) is 3. The van der Waals surface area contributed by atoms with Gasteiger partial charge in [0.25, 0.3) is 0 Å². The molecule has 0 aromatic heterocycles. The first-order valence-electron chi connectivity index (χ1n) is 7.74. The van der Waals surface area contributed by atoms with Crippen LogP contribution in [-0.4, -0.2) is 17.3 Å². The lowest BCUT2D eigenvalue weighted by molar-refractivity contribution is 0.163. The van der Waals surface area contributed by atoms with Crippen LogP contribution in [0.2, 0.25) is 0 Å². The Balaban J connectivity index is 2.25. The summed E-state index contributed by atoms with van der Waals surface area (Å²) in [5.74, 6) is 0.528. The molecule has 1 atom stereocenters. The van der Waals surface area contributed by atoms with Crippen molar-refractivity contribution in [1.82, 2.24) is 0 Å². The lowest BCUT2D eigenvalue weighted by Crippen LogP contribution is -1.98. The highest BCUT2D eigenvalue weighted by molar-refractivity contribution is 5.42. The molecule has 0 saturated heterocycles. The van der Waals surface area contributed by atoms with Crippen LogP contribution in [0, 0.1) is 0 Å². The molecular formula is C17H28O3. The van der Waals surface area contributed by atoms with E-state index in [1.54, 1.807) is 12.1 Å². The summed E-state index contributed by atoms with van der Waals surface area (Å²) in [5, 5.41) is 19.8. The number of methoxy groups -OCH3 is 1. The predicted octanol–water partition coefficient (Wildman–Crippen LogP) is 4.57. The van der Waals surface area contributed by atoms with Crippen molar-refractivity contribution >= 4 is 0 Å². The second-order valence-corrected chi connectivity index (χ2v) is 5.36. The van der Waals surface area contributed by atoms with Crippen LogP contribution in [0.15, 0.2) is 18.2 Å². The Labute approximate surface area is 122 Å². The molecule has 0 aliphatic rings. The molecule has 0 bridgehead atoms. The van der Waals surface area contributed by atoms with Crippen LogP contribution in [0.5, 0.6) is 11.5 Å². The lowest BCUT2D eigenvalue weighted by atomic mass is 10.0. The smallest absolute Gasteiger partial charge is 0.160 e. The van der Waals surface area contributed by atoms with Crippen molar-refractivity contribution in [1.29, 1.82) is 0 Å². The van der Waals surface area contributed by atoms with Crippen LogP contribution in [0.3, 0.4) is 0 Å². The van der Waals surface area contributed by atoms with Crippen LogP contribution in [0.25, 0.3) is 0 Å². The normalized spacial score (nSPS) is 12.3. The molecule has 20 heavy (non-hydrogen) atoms. The van der Waals surface area contributed by atoms with Crippen molar-refractivity contribution in [3.05, 3.63) is 23.8 Å². The molecule has 0 fully saturated rings. The number of phenolic OH excluding ortho intramolecular Hbond substituents is 1. The van der Waals surface area contributed by atoms with Gasteiger partial charge in [-0.1, -0.05) is 57.9 Å². The number of aliphatic hydroxyl groups excluding tert-OH is 1. The molecule has 114 valence electrons. The van der Waals surface area contributed by atoms with Crippen LogP contribution in [0.1, 0.15) is 70.0 Å². The second kappa shape index (κ2) is 9.65. The Morgan fingerprint density at radius 2 is 1.70 bits per heavy atom. The highest BCUT2D eigenvalue weighted by atomic mass is 16.5. The second-order valence-electron chi connectivity index (χ2n) is 5.36. The fraction of sp³-hybridized carbons (Fsp3) is 0.647. The zero-order valence-electron chi connectivity index (χ0n) is 12.8. The highest BCUT2D eigenvalue weighted by Crippen LogP contribution is 2.30. The summed E-state index contributed by atoms with van der Waals surface area (Å²) in [6.45, 7) is 2.22. The van der Waals surface area contributed by atoms with E-state index in [-0.39, 0.29) is 5.75 Å². The van der Waals surface area contributed by atoms with Gasteiger partial charge in [-0.2, -0.15) is 0 Å². The minimum atomic E-state index is -0.498. The molecule has 3 heteroatoms. The molecule has 0 heterocycles. The third-order valence-corrected chi connectivity index (χ3v) is 3.67. The summed E-state index contributed by atoms with van der Waals surface area (Å²) in [7, 11) is 1.52. The third kappa shape index (κ3) is 5.83. The number of unbranched alkanes of at least 4 members (excludes halogenated alkanes) is 6. The van der Waals surface area contributed by atoms with Crippen LogP contribution in [-0.2, 0) is 0 Å². The van der Waals surface area contributed by atoms with E-state index in [9.17, 15) is 10.2 Å². The summed E-state index contributed by atoms with van der Waals surface area (Å²) in [4.78, 5) is 0. The number of benzene rings is 1. The summed E-state index contributed by atoms with van der Waals surface area (Å²) in [6.07, 6.45) is 8.93. The molecule has 0 aliphatic heterocycles. The Morgan fingerprint density at radius 3 is 2.30 bits per heavy atom. The van der Waals surface area contributed by atoms with E-state index in [0.717, 1.165) is 18.4 Å². The van der Waals surface area contributed by atoms with Crippen molar-refractivity contribution in [2.24, 2.45) is 0 Å². The summed E-state index contributed by atoms with van der Waals surface area (Å²) in [5.41, 5.74) is 0.759. The number of aliphatic hydroxyl groups is 1. The van der Waals surface area contributed by atoms with Crippen molar-refractivity contribution in [2.75, 3.05) is 7.11 Å². The first-order chi connectivity index (χ1) is 9.69. The largest absolute Gasteiger partial charge is 0.504 e. The monoisotopic (exact) mass is 280 g/mol. The van der Waals surface area contributed by atoms with E-state index in [1.807, 2.05) is 6.07 Å². The lowest BCUT2D eigenvalue weighted by Gasteiger charge is -2.12.